The molecule has 2 N–H and O–H groups in total. The lowest BCUT2D eigenvalue weighted by Gasteiger charge is -2.03. The molecule has 1 amide bonds. The van der Waals surface area contributed by atoms with Crippen LogP contribution in [0, 0.1) is 0 Å². The van der Waals surface area contributed by atoms with Crippen molar-refractivity contribution in [3.63, 3.8) is 0 Å². The minimum atomic E-state index is -0.602. The quantitative estimate of drug-likeness (QED) is 0.685. The van der Waals surface area contributed by atoms with E-state index in [1.54, 1.807) is 6.92 Å². The number of pyridine rings is 1. The first-order valence-electron chi connectivity index (χ1n) is 4.76. The second-order valence-electron chi connectivity index (χ2n) is 2.91. The van der Waals surface area contributed by atoms with Gasteiger partial charge in [0.2, 0.25) is 0 Å². The van der Waals surface area contributed by atoms with E-state index in [9.17, 15) is 14.4 Å². The fourth-order valence-corrected chi connectivity index (χ4v) is 1.05. The van der Waals surface area contributed by atoms with Crippen LogP contribution in [-0.4, -0.2) is 30.0 Å². The topological polar surface area (TPSA) is 88.3 Å². The number of carbonyl (C=O) groups is 2. The zero-order valence-electron chi connectivity index (χ0n) is 8.78. The first kappa shape index (κ1) is 12.0. The van der Waals surface area contributed by atoms with Gasteiger partial charge in [0.1, 0.15) is 12.1 Å². The molecule has 0 saturated carbocycles. The molecule has 86 valence electrons. The highest BCUT2D eigenvalue weighted by molar-refractivity contribution is 5.95. The van der Waals surface area contributed by atoms with Gasteiger partial charge in [0, 0.05) is 18.5 Å². The normalized spacial score (nSPS) is 9.56. The van der Waals surface area contributed by atoms with Crippen molar-refractivity contribution in [2.24, 2.45) is 0 Å². The molecule has 0 aromatic carbocycles. The summed E-state index contributed by atoms with van der Waals surface area (Å²) in [6.45, 7) is 1.67. The van der Waals surface area contributed by atoms with Crippen LogP contribution in [0.3, 0.4) is 0 Å². The van der Waals surface area contributed by atoms with Gasteiger partial charge in [0.15, 0.2) is 5.43 Å². The molecule has 0 radical (unpaired) electrons. The monoisotopic (exact) mass is 224 g/mol. The van der Waals surface area contributed by atoms with Gasteiger partial charge in [0.05, 0.1) is 6.61 Å². The molecule has 16 heavy (non-hydrogen) atoms. The third kappa shape index (κ3) is 3.23. The first-order chi connectivity index (χ1) is 7.65. The highest BCUT2D eigenvalue weighted by Crippen LogP contribution is 1.87. The van der Waals surface area contributed by atoms with Crippen LogP contribution in [0.4, 0.5) is 0 Å². The Morgan fingerprint density at radius 1 is 1.50 bits per heavy atom. The molecule has 1 heterocycles. The number of ether oxygens (including phenoxy) is 1. The lowest BCUT2D eigenvalue weighted by atomic mass is 10.2. The molecule has 1 rings (SSSR count). The van der Waals surface area contributed by atoms with Gasteiger partial charge in [-0.05, 0) is 6.92 Å². The Morgan fingerprint density at radius 2 is 2.25 bits per heavy atom. The summed E-state index contributed by atoms with van der Waals surface area (Å²) in [6, 6.07) is 1.24. The van der Waals surface area contributed by atoms with Crippen molar-refractivity contribution in [2.45, 2.75) is 6.92 Å². The molecule has 1 aromatic heterocycles. The van der Waals surface area contributed by atoms with E-state index in [0.29, 0.717) is 0 Å². The van der Waals surface area contributed by atoms with Crippen LogP contribution in [-0.2, 0) is 9.53 Å². The van der Waals surface area contributed by atoms with Crippen molar-refractivity contribution in [3.8, 4) is 0 Å². The average molecular weight is 224 g/mol. The Hall–Kier alpha value is -2.11. The number of rotatable bonds is 4. The van der Waals surface area contributed by atoms with Crippen molar-refractivity contribution >= 4 is 11.9 Å². The Morgan fingerprint density at radius 3 is 2.88 bits per heavy atom. The molecular weight excluding hydrogens is 212 g/mol. The van der Waals surface area contributed by atoms with E-state index in [0.717, 1.165) is 0 Å². The van der Waals surface area contributed by atoms with Gasteiger partial charge in [-0.25, -0.2) is 0 Å². The van der Waals surface area contributed by atoms with Gasteiger partial charge >= 0.3 is 5.97 Å². The van der Waals surface area contributed by atoms with E-state index in [-0.39, 0.29) is 18.7 Å². The zero-order valence-corrected chi connectivity index (χ0v) is 8.78. The smallest absolute Gasteiger partial charge is 0.325 e. The summed E-state index contributed by atoms with van der Waals surface area (Å²) < 4.78 is 4.62. The summed E-state index contributed by atoms with van der Waals surface area (Å²) in [5.41, 5.74) is -0.438. The van der Waals surface area contributed by atoms with Gasteiger partial charge < -0.3 is 15.0 Å². The molecule has 0 saturated heterocycles. The standard InChI is InChI=1S/C10H12N2O4/c1-2-16-9(14)6-12-10(15)7-5-11-4-3-8(7)13/h3-5H,2,6H2,1H3,(H,11,13)(H,12,15). The third-order valence-corrected chi connectivity index (χ3v) is 1.77. The van der Waals surface area contributed by atoms with Crippen molar-refractivity contribution in [1.82, 2.24) is 10.3 Å². The maximum atomic E-state index is 11.4. The minimum absolute atomic E-state index is 0.0354. The third-order valence-electron chi connectivity index (χ3n) is 1.77. The van der Waals surface area contributed by atoms with E-state index in [2.05, 4.69) is 15.0 Å². The number of amides is 1. The highest BCUT2D eigenvalue weighted by atomic mass is 16.5. The fourth-order valence-electron chi connectivity index (χ4n) is 1.05. The van der Waals surface area contributed by atoms with Crippen LogP contribution in [0.15, 0.2) is 23.3 Å². The summed E-state index contributed by atoms with van der Waals surface area (Å²) >= 11 is 0. The molecule has 0 unspecified atom stereocenters. The zero-order chi connectivity index (χ0) is 12.0. The van der Waals surface area contributed by atoms with E-state index in [1.807, 2.05) is 0 Å². The van der Waals surface area contributed by atoms with Gasteiger partial charge in [-0.3, -0.25) is 14.4 Å². The van der Waals surface area contributed by atoms with Crippen LogP contribution in [0.1, 0.15) is 17.3 Å². The number of hydrogen-bond acceptors (Lipinski definition) is 4. The van der Waals surface area contributed by atoms with Crippen molar-refractivity contribution in [1.29, 1.82) is 0 Å². The predicted molar refractivity (Wildman–Crippen MR) is 56.0 cm³/mol. The second-order valence-corrected chi connectivity index (χ2v) is 2.91. The van der Waals surface area contributed by atoms with Gasteiger partial charge in [0.25, 0.3) is 5.91 Å². The van der Waals surface area contributed by atoms with Gasteiger partial charge in [-0.2, -0.15) is 0 Å². The summed E-state index contributed by atoms with van der Waals surface area (Å²) in [4.78, 5) is 36.2. The molecule has 0 fully saturated rings. The summed E-state index contributed by atoms with van der Waals surface area (Å²) in [7, 11) is 0. The average Bonchev–Trinajstić information content (AvgIpc) is 2.27. The Labute approximate surface area is 91.6 Å². The Bertz CT molecular complexity index is 438. The summed E-state index contributed by atoms with van der Waals surface area (Å²) in [6.07, 6.45) is 2.70. The number of carbonyl (C=O) groups excluding carboxylic acids is 2. The van der Waals surface area contributed by atoms with E-state index < -0.39 is 17.3 Å². The number of H-pyrrole nitrogens is 1. The number of esters is 1. The van der Waals surface area contributed by atoms with E-state index >= 15 is 0 Å². The van der Waals surface area contributed by atoms with Crippen molar-refractivity contribution < 1.29 is 14.3 Å². The molecule has 1 aromatic rings. The summed E-state index contributed by atoms with van der Waals surface area (Å²) in [5, 5.41) is 2.29. The van der Waals surface area contributed by atoms with Crippen LogP contribution >= 0.6 is 0 Å². The Balaban J connectivity index is 2.57. The molecule has 0 atom stereocenters. The Kier molecular flexibility index (Phi) is 4.26. The molecular formula is C10H12N2O4. The maximum Gasteiger partial charge on any atom is 0.325 e. The predicted octanol–water partition coefficient (Wildman–Crippen LogP) is -0.332. The van der Waals surface area contributed by atoms with Crippen LogP contribution in [0.25, 0.3) is 0 Å². The highest BCUT2D eigenvalue weighted by Gasteiger charge is 2.10. The number of hydrogen-bond donors (Lipinski definition) is 2. The second kappa shape index (κ2) is 5.69. The van der Waals surface area contributed by atoms with Crippen LogP contribution in [0.2, 0.25) is 0 Å². The largest absolute Gasteiger partial charge is 0.465 e. The number of nitrogens with one attached hydrogen (secondary N) is 2. The lowest BCUT2D eigenvalue weighted by molar-refractivity contribution is -0.141. The number of aromatic amines is 1. The lowest BCUT2D eigenvalue weighted by Crippen LogP contribution is -2.33. The minimum Gasteiger partial charge on any atom is -0.465 e. The van der Waals surface area contributed by atoms with E-state index in [4.69, 9.17) is 0 Å². The number of aromatic nitrogens is 1. The first-order valence-corrected chi connectivity index (χ1v) is 4.76. The van der Waals surface area contributed by atoms with Crippen molar-refractivity contribution in [2.75, 3.05) is 13.2 Å². The van der Waals surface area contributed by atoms with E-state index in [1.165, 1.54) is 18.5 Å². The van der Waals surface area contributed by atoms with Crippen LogP contribution in [0.5, 0.6) is 0 Å². The molecule has 0 aliphatic rings. The fraction of sp³-hybridized carbons (Fsp3) is 0.300. The van der Waals surface area contributed by atoms with Crippen LogP contribution < -0.4 is 10.7 Å². The molecule has 6 heteroatoms. The van der Waals surface area contributed by atoms with Crippen molar-refractivity contribution in [3.05, 3.63) is 34.2 Å². The molecule has 0 aliphatic carbocycles. The van der Waals surface area contributed by atoms with Gasteiger partial charge in [-0.15, -0.1) is 0 Å². The van der Waals surface area contributed by atoms with Gasteiger partial charge in [-0.1, -0.05) is 0 Å². The molecule has 0 bridgehead atoms. The molecule has 0 spiro atoms. The summed E-state index contributed by atoms with van der Waals surface area (Å²) in [5.74, 6) is -1.14. The SMILES string of the molecule is CCOC(=O)CNC(=O)c1c[nH]ccc1=O. The maximum absolute atomic E-state index is 11.4. The molecule has 0 aliphatic heterocycles. The molecule has 6 nitrogen and oxygen atoms in total.